The van der Waals surface area contributed by atoms with Gasteiger partial charge in [-0.3, -0.25) is 14.3 Å². The number of nitrogens with zero attached hydrogens (tertiary/aromatic N) is 3. The van der Waals surface area contributed by atoms with Gasteiger partial charge in [0.15, 0.2) is 5.82 Å². The van der Waals surface area contributed by atoms with E-state index >= 15 is 0 Å². The summed E-state index contributed by atoms with van der Waals surface area (Å²) in [6, 6.07) is 0.928. The number of rotatable bonds is 3. The van der Waals surface area contributed by atoms with Crippen molar-refractivity contribution in [3.05, 3.63) is 39.1 Å². The van der Waals surface area contributed by atoms with Crippen molar-refractivity contribution in [3.8, 4) is 5.88 Å². The second-order valence-corrected chi connectivity index (χ2v) is 3.05. The summed E-state index contributed by atoms with van der Waals surface area (Å²) in [5.41, 5.74) is -1.31. The molecular weight excluding hydrogens is 216 g/mol. The second-order valence-electron chi connectivity index (χ2n) is 3.05. The van der Waals surface area contributed by atoms with Gasteiger partial charge in [-0.25, -0.2) is 4.79 Å². The van der Waals surface area contributed by atoms with Crippen molar-refractivity contribution >= 4 is 0 Å². The third-order valence-corrected chi connectivity index (χ3v) is 1.98. The van der Waals surface area contributed by atoms with Crippen molar-refractivity contribution in [1.29, 1.82) is 0 Å². The summed E-state index contributed by atoms with van der Waals surface area (Å²) in [5, 5.41) is 12.9. The highest BCUT2D eigenvalue weighted by molar-refractivity contribution is 5.06. The molecular formula is C8H8N4O4. The largest absolute Gasteiger partial charge is 0.494 e. The Morgan fingerprint density at radius 1 is 1.50 bits per heavy atom. The summed E-state index contributed by atoms with van der Waals surface area (Å²) in [5.74, 6) is 0.0229. The van der Waals surface area contributed by atoms with Crippen LogP contribution >= 0.6 is 0 Å². The predicted molar refractivity (Wildman–Crippen MR) is 51.0 cm³/mol. The molecule has 2 N–H and O–H groups in total. The van der Waals surface area contributed by atoms with Crippen LogP contribution in [0.1, 0.15) is 5.82 Å². The van der Waals surface area contributed by atoms with Gasteiger partial charge >= 0.3 is 5.69 Å². The Balaban J connectivity index is 2.22. The minimum atomic E-state index is -0.673. The quantitative estimate of drug-likeness (QED) is 0.681. The molecule has 8 heteroatoms. The summed E-state index contributed by atoms with van der Waals surface area (Å²) in [4.78, 5) is 27.9. The van der Waals surface area contributed by atoms with Crippen molar-refractivity contribution in [2.75, 3.05) is 0 Å². The lowest BCUT2D eigenvalue weighted by molar-refractivity contribution is 0.390. The zero-order chi connectivity index (χ0) is 11.5. The van der Waals surface area contributed by atoms with Gasteiger partial charge in [0.25, 0.3) is 5.56 Å². The normalized spacial score (nSPS) is 10.5. The Bertz CT molecular complexity index is 583. The third-order valence-electron chi connectivity index (χ3n) is 1.98. The molecule has 0 aliphatic rings. The van der Waals surface area contributed by atoms with Gasteiger partial charge in [-0.2, -0.15) is 4.98 Å². The minimum absolute atomic E-state index is 0.154. The molecule has 0 saturated carbocycles. The van der Waals surface area contributed by atoms with Gasteiger partial charge in [-0.1, -0.05) is 5.16 Å². The number of hydrogen-bond donors (Lipinski definition) is 2. The molecule has 2 rings (SSSR count). The third kappa shape index (κ3) is 2.00. The molecule has 0 atom stereocenters. The zero-order valence-corrected chi connectivity index (χ0v) is 8.08. The van der Waals surface area contributed by atoms with Crippen LogP contribution in [-0.4, -0.2) is 24.8 Å². The molecule has 0 spiro atoms. The van der Waals surface area contributed by atoms with Crippen molar-refractivity contribution in [2.24, 2.45) is 0 Å². The molecule has 0 bridgehead atoms. The van der Waals surface area contributed by atoms with Gasteiger partial charge < -0.3 is 9.63 Å². The van der Waals surface area contributed by atoms with Gasteiger partial charge in [0.2, 0.25) is 12.3 Å². The SMILES string of the molecule is O=c1cc(O)n(CCc2ncon2)c(=O)[nH]1. The van der Waals surface area contributed by atoms with E-state index in [0.717, 1.165) is 10.6 Å². The maximum absolute atomic E-state index is 11.3. The molecule has 0 saturated heterocycles. The van der Waals surface area contributed by atoms with E-state index in [1.807, 2.05) is 4.98 Å². The molecule has 2 aromatic rings. The van der Waals surface area contributed by atoms with Crippen molar-refractivity contribution in [2.45, 2.75) is 13.0 Å². The van der Waals surface area contributed by atoms with Crippen LogP contribution in [0.25, 0.3) is 0 Å². The van der Waals surface area contributed by atoms with E-state index in [4.69, 9.17) is 0 Å². The second kappa shape index (κ2) is 4.01. The van der Waals surface area contributed by atoms with E-state index in [1.54, 1.807) is 0 Å². The number of H-pyrrole nitrogens is 1. The van der Waals surface area contributed by atoms with E-state index < -0.39 is 17.1 Å². The Morgan fingerprint density at radius 3 is 2.94 bits per heavy atom. The number of aromatic nitrogens is 4. The van der Waals surface area contributed by atoms with Gasteiger partial charge in [0.1, 0.15) is 0 Å². The lowest BCUT2D eigenvalue weighted by Crippen LogP contribution is -2.29. The van der Waals surface area contributed by atoms with Gasteiger partial charge in [-0.05, 0) is 0 Å². The monoisotopic (exact) mass is 224 g/mol. The first-order valence-electron chi connectivity index (χ1n) is 4.45. The van der Waals surface area contributed by atoms with Gasteiger partial charge in [0.05, 0.1) is 6.07 Å². The highest BCUT2D eigenvalue weighted by Crippen LogP contribution is 2.01. The molecule has 8 nitrogen and oxygen atoms in total. The topological polar surface area (TPSA) is 114 Å². The molecule has 0 unspecified atom stereocenters. The Labute approximate surface area is 88.2 Å². The highest BCUT2D eigenvalue weighted by Gasteiger charge is 2.06. The number of nitrogens with one attached hydrogen (secondary N) is 1. The number of aryl methyl sites for hydroxylation is 1. The molecule has 16 heavy (non-hydrogen) atoms. The fourth-order valence-electron chi connectivity index (χ4n) is 1.24. The fourth-order valence-corrected chi connectivity index (χ4v) is 1.24. The minimum Gasteiger partial charge on any atom is -0.494 e. The first-order valence-corrected chi connectivity index (χ1v) is 4.45. The lowest BCUT2D eigenvalue weighted by atomic mass is 10.4. The number of hydrogen-bond acceptors (Lipinski definition) is 6. The van der Waals surface area contributed by atoms with E-state index in [2.05, 4.69) is 14.7 Å². The van der Waals surface area contributed by atoms with Crippen LogP contribution in [0, 0.1) is 0 Å². The molecule has 2 aromatic heterocycles. The molecule has 0 amide bonds. The maximum atomic E-state index is 11.3. The van der Waals surface area contributed by atoms with E-state index in [0.29, 0.717) is 12.2 Å². The Morgan fingerprint density at radius 2 is 2.31 bits per heavy atom. The van der Waals surface area contributed by atoms with Crippen LogP contribution in [0.15, 0.2) is 26.6 Å². The number of aromatic amines is 1. The van der Waals surface area contributed by atoms with Crippen LogP contribution in [-0.2, 0) is 13.0 Å². The van der Waals surface area contributed by atoms with E-state index in [1.165, 1.54) is 6.39 Å². The van der Waals surface area contributed by atoms with Crippen molar-refractivity contribution in [3.63, 3.8) is 0 Å². The Hall–Kier alpha value is -2.38. The van der Waals surface area contributed by atoms with Crippen LogP contribution in [0.2, 0.25) is 0 Å². The molecule has 0 fully saturated rings. The van der Waals surface area contributed by atoms with Crippen LogP contribution in [0.5, 0.6) is 5.88 Å². The summed E-state index contributed by atoms with van der Waals surface area (Å²) < 4.78 is 5.53. The summed E-state index contributed by atoms with van der Waals surface area (Å²) in [6.07, 6.45) is 1.49. The van der Waals surface area contributed by atoms with Crippen LogP contribution < -0.4 is 11.2 Å². The molecule has 0 aromatic carbocycles. The van der Waals surface area contributed by atoms with Gasteiger partial charge in [0, 0.05) is 13.0 Å². The average Bonchev–Trinajstić information content (AvgIpc) is 2.68. The van der Waals surface area contributed by atoms with Crippen molar-refractivity contribution < 1.29 is 9.63 Å². The molecule has 0 aliphatic heterocycles. The first-order chi connectivity index (χ1) is 7.66. The predicted octanol–water partition coefficient (Wildman–Crippen LogP) is -1.13. The lowest BCUT2D eigenvalue weighted by Gasteiger charge is -2.04. The summed E-state index contributed by atoms with van der Waals surface area (Å²) >= 11 is 0. The van der Waals surface area contributed by atoms with E-state index in [-0.39, 0.29) is 6.54 Å². The fraction of sp³-hybridized carbons (Fsp3) is 0.250. The summed E-state index contributed by atoms with van der Waals surface area (Å²) in [6.45, 7) is 0.154. The zero-order valence-electron chi connectivity index (χ0n) is 8.08. The number of aromatic hydroxyl groups is 1. The molecule has 2 heterocycles. The van der Waals surface area contributed by atoms with Crippen LogP contribution in [0.4, 0.5) is 0 Å². The van der Waals surface area contributed by atoms with E-state index in [9.17, 15) is 14.7 Å². The maximum Gasteiger partial charge on any atom is 0.331 e. The average molecular weight is 224 g/mol. The standard InChI is InChI=1S/C8H8N4O4/c13-6-3-7(14)12(8(15)10-6)2-1-5-9-4-16-11-5/h3-4,14H,1-2H2,(H,10,13,15). The molecule has 0 aliphatic carbocycles. The smallest absolute Gasteiger partial charge is 0.331 e. The van der Waals surface area contributed by atoms with Crippen LogP contribution in [0.3, 0.4) is 0 Å². The highest BCUT2D eigenvalue weighted by atomic mass is 16.5. The Kier molecular flexibility index (Phi) is 2.54. The van der Waals surface area contributed by atoms with Gasteiger partial charge in [-0.15, -0.1) is 0 Å². The summed E-state index contributed by atoms with van der Waals surface area (Å²) in [7, 11) is 0. The van der Waals surface area contributed by atoms with Crippen molar-refractivity contribution in [1.82, 2.24) is 19.7 Å². The first kappa shape index (κ1) is 10.1. The molecule has 84 valence electrons. The molecule has 0 radical (unpaired) electrons.